The summed E-state index contributed by atoms with van der Waals surface area (Å²) in [5, 5.41) is 2.75. The first-order valence-corrected chi connectivity index (χ1v) is 5.89. The Kier molecular flexibility index (Phi) is 3.38. The van der Waals surface area contributed by atoms with Gasteiger partial charge in [0, 0.05) is 11.5 Å². The van der Waals surface area contributed by atoms with Crippen LogP contribution in [0.25, 0.3) is 0 Å². The Labute approximate surface area is 104 Å². The van der Waals surface area contributed by atoms with Crippen molar-refractivity contribution in [3.05, 3.63) is 29.6 Å². The molecule has 1 aliphatic rings. The molecule has 1 saturated carbocycles. The summed E-state index contributed by atoms with van der Waals surface area (Å²) in [6.45, 7) is 0. The Hall–Kier alpha value is -1.49. The smallest absolute Gasteiger partial charge is 0.227 e. The second kappa shape index (κ2) is 4.79. The van der Waals surface area contributed by atoms with Gasteiger partial charge in [-0.2, -0.15) is 0 Å². The van der Waals surface area contributed by atoms with Gasteiger partial charge in [0.1, 0.15) is 10.8 Å². The van der Waals surface area contributed by atoms with E-state index in [9.17, 15) is 9.18 Å². The molecule has 0 bridgehead atoms. The molecular weight excluding hydrogens is 239 g/mol. The Balaban J connectivity index is 2.19. The highest BCUT2D eigenvalue weighted by molar-refractivity contribution is 7.80. The lowest BCUT2D eigenvalue weighted by molar-refractivity contribution is -0.122. The molecule has 5 heteroatoms. The summed E-state index contributed by atoms with van der Waals surface area (Å²) in [5.41, 5.74) is 6.35. The van der Waals surface area contributed by atoms with Crippen molar-refractivity contribution in [2.45, 2.75) is 19.3 Å². The van der Waals surface area contributed by atoms with Gasteiger partial charge in [0.05, 0.1) is 5.69 Å². The molecule has 0 heterocycles. The number of carbonyl (C=O) groups excluding carboxylic acids is 1. The topological polar surface area (TPSA) is 55.1 Å². The van der Waals surface area contributed by atoms with Gasteiger partial charge in [0.15, 0.2) is 0 Å². The minimum absolute atomic E-state index is 0.0413. The second-order valence-electron chi connectivity index (χ2n) is 4.17. The van der Waals surface area contributed by atoms with E-state index in [1.807, 2.05) is 0 Å². The summed E-state index contributed by atoms with van der Waals surface area (Å²) in [7, 11) is 0. The summed E-state index contributed by atoms with van der Waals surface area (Å²) in [5.74, 6) is -0.394. The minimum atomic E-state index is -0.422. The van der Waals surface area contributed by atoms with E-state index in [2.05, 4.69) is 5.32 Å². The van der Waals surface area contributed by atoms with Crippen LogP contribution in [-0.4, -0.2) is 10.9 Å². The van der Waals surface area contributed by atoms with Crippen LogP contribution in [0.5, 0.6) is 0 Å². The van der Waals surface area contributed by atoms with Crippen LogP contribution in [0.2, 0.25) is 0 Å². The fourth-order valence-corrected chi connectivity index (χ4v) is 1.90. The molecular formula is C12H13FN2OS. The molecule has 0 aromatic heterocycles. The molecule has 1 aromatic carbocycles. The number of hydrogen-bond acceptors (Lipinski definition) is 2. The molecule has 0 saturated heterocycles. The fourth-order valence-electron chi connectivity index (χ4n) is 1.73. The lowest BCUT2D eigenvalue weighted by Crippen LogP contribution is -2.29. The fraction of sp³-hybridized carbons (Fsp3) is 0.333. The molecule has 1 aliphatic carbocycles. The van der Waals surface area contributed by atoms with Crippen molar-refractivity contribution >= 4 is 28.8 Å². The summed E-state index contributed by atoms with van der Waals surface area (Å²) < 4.78 is 13.1. The molecule has 2 rings (SSSR count). The van der Waals surface area contributed by atoms with E-state index in [4.69, 9.17) is 18.0 Å². The molecule has 0 radical (unpaired) electrons. The zero-order valence-electron chi connectivity index (χ0n) is 9.20. The number of anilines is 1. The largest absolute Gasteiger partial charge is 0.389 e. The third kappa shape index (κ3) is 2.61. The van der Waals surface area contributed by atoms with Crippen molar-refractivity contribution in [3.8, 4) is 0 Å². The van der Waals surface area contributed by atoms with Gasteiger partial charge in [0.2, 0.25) is 5.91 Å². The normalized spacial score (nSPS) is 15.1. The van der Waals surface area contributed by atoms with Gasteiger partial charge in [-0.15, -0.1) is 0 Å². The van der Waals surface area contributed by atoms with Crippen LogP contribution in [0.15, 0.2) is 18.2 Å². The number of nitrogens with two attached hydrogens (primary N) is 1. The lowest BCUT2D eigenvalue weighted by atomic mass is 9.85. The zero-order chi connectivity index (χ0) is 12.4. The number of hydrogen-bond donors (Lipinski definition) is 2. The van der Waals surface area contributed by atoms with Gasteiger partial charge < -0.3 is 11.1 Å². The highest BCUT2D eigenvalue weighted by Crippen LogP contribution is 2.28. The van der Waals surface area contributed by atoms with Crippen molar-refractivity contribution in [3.63, 3.8) is 0 Å². The summed E-state index contributed by atoms with van der Waals surface area (Å²) in [6, 6.07) is 4.00. The third-order valence-electron chi connectivity index (χ3n) is 2.98. The lowest BCUT2D eigenvalue weighted by Gasteiger charge is -2.24. The molecule has 1 aromatic rings. The first kappa shape index (κ1) is 12.0. The summed E-state index contributed by atoms with van der Waals surface area (Å²) >= 11 is 4.83. The van der Waals surface area contributed by atoms with E-state index < -0.39 is 5.82 Å². The van der Waals surface area contributed by atoms with Gasteiger partial charge in [-0.1, -0.05) is 18.6 Å². The predicted octanol–water partition coefficient (Wildman–Crippen LogP) is 2.20. The number of nitrogens with one attached hydrogen (secondary N) is 1. The van der Waals surface area contributed by atoms with Gasteiger partial charge in [0.25, 0.3) is 0 Å². The van der Waals surface area contributed by atoms with Crippen LogP contribution in [0, 0.1) is 11.7 Å². The number of benzene rings is 1. The van der Waals surface area contributed by atoms with E-state index in [-0.39, 0.29) is 16.8 Å². The van der Waals surface area contributed by atoms with Gasteiger partial charge in [-0.3, -0.25) is 4.79 Å². The average molecular weight is 252 g/mol. The van der Waals surface area contributed by atoms with E-state index in [0.717, 1.165) is 19.3 Å². The van der Waals surface area contributed by atoms with E-state index in [1.54, 1.807) is 0 Å². The summed E-state index contributed by atoms with van der Waals surface area (Å²) in [4.78, 5) is 11.8. The van der Waals surface area contributed by atoms with Crippen LogP contribution in [0.1, 0.15) is 24.8 Å². The molecule has 1 amide bonds. The van der Waals surface area contributed by atoms with Crippen molar-refractivity contribution in [1.29, 1.82) is 0 Å². The highest BCUT2D eigenvalue weighted by atomic mass is 32.1. The van der Waals surface area contributed by atoms with Crippen LogP contribution in [0.3, 0.4) is 0 Å². The maximum Gasteiger partial charge on any atom is 0.227 e. The Bertz CT molecular complexity index is 472. The number of halogens is 1. The van der Waals surface area contributed by atoms with Gasteiger partial charge in [-0.25, -0.2) is 4.39 Å². The van der Waals surface area contributed by atoms with Crippen molar-refractivity contribution < 1.29 is 9.18 Å². The standard InChI is InChI=1S/C12H13FN2OS/c13-8-4-5-10(9(6-8)11(14)17)15-12(16)7-2-1-3-7/h4-7H,1-3H2,(H2,14,17)(H,15,16). The van der Waals surface area contributed by atoms with Crippen LogP contribution in [0.4, 0.5) is 10.1 Å². The average Bonchev–Trinajstić information content (AvgIpc) is 2.17. The number of amides is 1. The first-order valence-electron chi connectivity index (χ1n) is 5.48. The number of carbonyl (C=O) groups is 1. The first-order chi connectivity index (χ1) is 8.08. The SMILES string of the molecule is NC(=S)c1cc(F)ccc1NC(=O)C1CCC1. The molecule has 0 spiro atoms. The monoisotopic (exact) mass is 252 g/mol. The minimum Gasteiger partial charge on any atom is -0.389 e. The molecule has 0 atom stereocenters. The maximum absolute atomic E-state index is 13.1. The van der Waals surface area contributed by atoms with Crippen molar-refractivity contribution in [2.75, 3.05) is 5.32 Å². The maximum atomic E-state index is 13.1. The van der Waals surface area contributed by atoms with Gasteiger partial charge in [-0.05, 0) is 31.0 Å². The molecule has 3 nitrogen and oxygen atoms in total. The molecule has 0 aliphatic heterocycles. The molecule has 1 fully saturated rings. The number of rotatable bonds is 3. The van der Waals surface area contributed by atoms with E-state index in [0.29, 0.717) is 11.3 Å². The van der Waals surface area contributed by atoms with Crippen LogP contribution < -0.4 is 11.1 Å². The molecule has 90 valence electrons. The quantitative estimate of drug-likeness (QED) is 0.811. The van der Waals surface area contributed by atoms with Crippen LogP contribution in [-0.2, 0) is 4.79 Å². The highest BCUT2D eigenvalue weighted by Gasteiger charge is 2.25. The molecule has 3 N–H and O–H groups in total. The zero-order valence-corrected chi connectivity index (χ0v) is 10.0. The van der Waals surface area contributed by atoms with Crippen LogP contribution >= 0.6 is 12.2 Å². The Morgan fingerprint density at radius 2 is 2.18 bits per heavy atom. The predicted molar refractivity (Wildman–Crippen MR) is 68.3 cm³/mol. The third-order valence-corrected chi connectivity index (χ3v) is 3.20. The Morgan fingerprint density at radius 1 is 1.47 bits per heavy atom. The van der Waals surface area contributed by atoms with E-state index >= 15 is 0 Å². The second-order valence-corrected chi connectivity index (χ2v) is 4.61. The van der Waals surface area contributed by atoms with Crippen molar-refractivity contribution in [1.82, 2.24) is 0 Å². The molecule has 0 unspecified atom stereocenters. The van der Waals surface area contributed by atoms with Crippen molar-refractivity contribution in [2.24, 2.45) is 11.7 Å². The Morgan fingerprint density at radius 3 is 2.71 bits per heavy atom. The van der Waals surface area contributed by atoms with E-state index in [1.165, 1.54) is 18.2 Å². The summed E-state index contributed by atoms with van der Waals surface area (Å²) in [6.07, 6.45) is 2.91. The number of thiocarbonyl (C=S) groups is 1. The molecule has 17 heavy (non-hydrogen) atoms. The van der Waals surface area contributed by atoms with Gasteiger partial charge >= 0.3 is 0 Å².